The van der Waals surface area contributed by atoms with E-state index in [-0.39, 0.29) is 19.0 Å². The number of amides is 1. The molecule has 1 aliphatic heterocycles. The highest BCUT2D eigenvalue weighted by atomic mass is 79.9. The molecule has 1 aliphatic rings. The molecule has 0 radical (unpaired) electrons. The number of hydrogen-bond acceptors (Lipinski definition) is 4. The first kappa shape index (κ1) is 16.5. The molecule has 0 bridgehead atoms. The molecule has 8 heteroatoms. The molecular formula is C16H12BrF2NO4. The Morgan fingerprint density at radius 1 is 1.29 bits per heavy atom. The Morgan fingerprint density at radius 2 is 2.08 bits per heavy atom. The van der Waals surface area contributed by atoms with E-state index in [2.05, 4.69) is 15.9 Å². The zero-order valence-corrected chi connectivity index (χ0v) is 13.8. The smallest absolute Gasteiger partial charge is 0.254 e. The predicted molar refractivity (Wildman–Crippen MR) is 84.4 cm³/mol. The fourth-order valence-electron chi connectivity index (χ4n) is 2.23. The summed E-state index contributed by atoms with van der Waals surface area (Å²) < 4.78 is 44.9. The number of rotatable bonds is 4. The van der Waals surface area contributed by atoms with Gasteiger partial charge in [0.1, 0.15) is 24.6 Å². The largest absolute Gasteiger partial charge is 0.486 e. The van der Waals surface area contributed by atoms with E-state index in [1.165, 1.54) is 0 Å². The second kappa shape index (κ2) is 6.64. The molecule has 1 heterocycles. The quantitative estimate of drug-likeness (QED) is 0.857. The summed E-state index contributed by atoms with van der Waals surface area (Å²) in [6.07, 6.45) is -0.492. The van der Waals surface area contributed by atoms with Crippen molar-refractivity contribution in [3.8, 4) is 17.2 Å². The standard InChI is InChI=1S/C16H12BrF2NO4/c17-8-1-3-11-13(5-8)24-9(6-22-11)7-23-12-4-2-10(18)14(15(12)19)16(20)21/h1-5,9H,6-7H2,(H2,20,21). The summed E-state index contributed by atoms with van der Waals surface area (Å²) in [5.74, 6) is -2.54. The first-order valence-electron chi connectivity index (χ1n) is 6.95. The van der Waals surface area contributed by atoms with Crippen LogP contribution >= 0.6 is 15.9 Å². The van der Waals surface area contributed by atoms with Crippen molar-refractivity contribution < 1.29 is 27.8 Å². The highest BCUT2D eigenvalue weighted by molar-refractivity contribution is 9.10. The van der Waals surface area contributed by atoms with E-state index in [1.807, 2.05) is 6.07 Å². The van der Waals surface area contributed by atoms with Gasteiger partial charge in [-0.15, -0.1) is 0 Å². The highest BCUT2D eigenvalue weighted by Crippen LogP contribution is 2.34. The number of fused-ring (bicyclic) bond motifs is 1. The molecule has 1 unspecified atom stereocenters. The van der Waals surface area contributed by atoms with Crippen molar-refractivity contribution in [2.24, 2.45) is 5.73 Å². The number of benzene rings is 2. The van der Waals surface area contributed by atoms with Gasteiger partial charge in [-0.05, 0) is 30.3 Å². The van der Waals surface area contributed by atoms with Gasteiger partial charge < -0.3 is 19.9 Å². The Bertz CT molecular complexity index is 800. The Balaban J connectivity index is 1.71. The van der Waals surface area contributed by atoms with E-state index in [0.717, 1.165) is 16.6 Å². The third-order valence-corrected chi connectivity index (χ3v) is 3.84. The topological polar surface area (TPSA) is 70.8 Å². The van der Waals surface area contributed by atoms with Crippen molar-refractivity contribution in [2.75, 3.05) is 13.2 Å². The molecule has 2 aromatic carbocycles. The number of carbonyl (C=O) groups excluding carboxylic acids is 1. The summed E-state index contributed by atoms with van der Waals surface area (Å²) in [4.78, 5) is 11.1. The van der Waals surface area contributed by atoms with Gasteiger partial charge in [0, 0.05) is 4.47 Å². The molecule has 3 rings (SSSR count). The third kappa shape index (κ3) is 3.28. The predicted octanol–water partition coefficient (Wildman–Crippen LogP) is 3.05. The highest BCUT2D eigenvalue weighted by Gasteiger charge is 2.24. The second-order valence-electron chi connectivity index (χ2n) is 5.05. The van der Waals surface area contributed by atoms with Crippen LogP contribution in [0.2, 0.25) is 0 Å². The number of nitrogens with two attached hydrogens (primary N) is 1. The van der Waals surface area contributed by atoms with Crippen LogP contribution in [-0.4, -0.2) is 25.2 Å². The summed E-state index contributed by atoms with van der Waals surface area (Å²) in [5.41, 5.74) is 4.14. The fourth-order valence-corrected chi connectivity index (χ4v) is 2.57. The maximum atomic E-state index is 14.1. The van der Waals surface area contributed by atoms with Crippen molar-refractivity contribution in [3.63, 3.8) is 0 Å². The van der Waals surface area contributed by atoms with Crippen LogP contribution < -0.4 is 19.9 Å². The molecule has 2 N–H and O–H groups in total. The molecule has 0 saturated heterocycles. The zero-order valence-electron chi connectivity index (χ0n) is 12.2. The molecule has 2 aromatic rings. The first-order valence-corrected chi connectivity index (χ1v) is 7.74. The minimum atomic E-state index is -1.20. The van der Waals surface area contributed by atoms with Crippen molar-refractivity contribution in [1.82, 2.24) is 0 Å². The number of carbonyl (C=O) groups is 1. The van der Waals surface area contributed by atoms with Crippen LogP contribution in [0.4, 0.5) is 8.78 Å². The van der Waals surface area contributed by atoms with E-state index in [1.54, 1.807) is 12.1 Å². The molecule has 24 heavy (non-hydrogen) atoms. The maximum absolute atomic E-state index is 14.1. The normalized spacial score (nSPS) is 15.9. The maximum Gasteiger partial charge on any atom is 0.254 e. The number of primary amides is 1. The van der Waals surface area contributed by atoms with E-state index in [0.29, 0.717) is 11.5 Å². The lowest BCUT2D eigenvalue weighted by molar-refractivity contribution is 0.0522. The zero-order chi connectivity index (χ0) is 17.3. The van der Waals surface area contributed by atoms with Gasteiger partial charge >= 0.3 is 0 Å². The molecular weight excluding hydrogens is 388 g/mol. The second-order valence-corrected chi connectivity index (χ2v) is 5.97. The fraction of sp³-hybridized carbons (Fsp3) is 0.188. The van der Waals surface area contributed by atoms with Crippen LogP contribution in [0.25, 0.3) is 0 Å². The summed E-state index contributed by atoms with van der Waals surface area (Å²) in [6.45, 7) is 0.160. The van der Waals surface area contributed by atoms with Gasteiger partial charge in [0.05, 0.1) is 0 Å². The van der Waals surface area contributed by atoms with Crippen LogP contribution in [0.3, 0.4) is 0 Å². The van der Waals surface area contributed by atoms with Gasteiger partial charge in [0.15, 0.2) is 29.2 Å². The Morgan fingerprint density at radius 3 is 2.83 bits per heavy atom. The average molecular weight is 400 g/mol. The van der Waals surface area contributed by atoms with Crippen LogP contribution in [0.5, 0.6) is 17.2 Å². The Kier molecular flexibility index (Phi) is 4.57. The lowest BCUT2D eigenvalue weighted by atomic mass is 10.1. The number of hydrogen-bond donors (Lipinski definition) is 1. The molecule has 0 aliphatic carbocycles. The summed E-state index contributed by atoms with van der Waals surface area (Å²) in [7, 11) is 0. The van der Waals surface area contributed by atoms with Crippen molar-refractivity contribution in [2.45, 2.75) is 6.10 Å². The number of ether oxygens (including phenoxy) is 3. The van der Waals surface area contributed by atoms with Gasteiger partial charge in [-0.25, -0.2) is 8.78 Å². The van der Waals surface area contributed by atoms with E-state index >= 15 is 0 Å². The molecule has 5 nitrogen and oxygen atoms in total. The van der Waals surface area contributed by atoms with Gasteiger partial charge in [-0.1, -0.05) is 15.9 Å². The molecule has 0 spiro atoms. The molecule has 0 saturated carbocycles. The minimum absolute atomic E-state index is 0.0489. The number of halogens is 3. The van der Waals surface area contributed by atoms with Crippen LogP contribution in [0.1, 0.15) is 10.4 Å². The molecule has 126 valence electrons. The monoisotopic (exact) mass is 399 g/mol. The molecule has 1 amide bonds. The van der Waals surface area contributed by atoms with Crippen LogP contribution in [0.15, 0.2) is 34.8 Å². The molecule has 0 aromatic heterocycles. The minimum Gasteiger partial charge on any atom is -0.486 e. The van der Waals surface area contributed by atoms with Crippen molar-refractivity contribution in [1.29, 1.82) is 0 Å². The Labute approximate surface area is 144 Å². The van der Waals surface area contributed by atoms with E-state index in [9.17, 15) is 13.6 Å². The van der Waals surface area contributed by atoms with Gasteiger partial charge in [-0.3, -0.25) is 4.79 Å². The summed E-state index contributed by atoms with van der Waals surface area (Å²) >= 11 is 3.33. The third-order valence-electron chi connectivity index (χ3n) is 3.35. The van der Waals surface area contributed by atoms with E-state index < -0.39 is 29.2 Å². The SMILES string of the molecule is NC(=O)c1c(F)ccc(OCC2COc3ccc(Br)cc3O2)c1F. The Hall–Kier alpha value is -2.35. The van der Waals surface area contributed by atoms with Gasteiger partial charge in [-0.2, -0.15) is 0 Å². The van der Waals surface area contributed by atoms with Crippen molar-refractivity contribution >= 4 is 21.8 Å². The van der Waals surface area contributed by atoms with Gasteiger partial charge in [0.2, 0.25) is 0 Å². The van der Waals surface area contributed by atoms with Crippen LogP contribution in [-0.2, 0) is 0 Å². The average Bonchev–Trinajstić information content (AvgIpc) is 2.53. The molecule has 0 fully saturated rings. The first-order chi connectivity index (χ1) is 11.5. The van der Waals surface area contributed by atoms with Crippen molar-refractivity contribution in [3.05, 3.63) is 52.0 Å². The van der Waals surface area contributed by atoms with Gasteiger partial charge in [0.25, 0.3) is 5.91 Å². The van der Waals surface area contributed by atoms with E-state index in [4.69, 9.17) is 19.9 Å². The lowest BCUT2D eigenvalue weighted by Crippen LogP contribution is -2.34. The van der Waals surface area contributed by atoms with Crippen LogP contribution in [0, 0.1) is 11.6 Å². The summed E-state index contributed by atoms with van der Waals surface area (Å²) in [5, 5.41) is 0. The summed E-state index contributed by atoms with van der Waals surface area (Å²) in [6, 6.07) is 7.33. The molecule has 1 atom stereocenters. The lowest BCUT2D eigenvalue weighted by Gasteiger charge is -2.26.